The van der Waals surface area contributed by atoms with Gasteiger partial charge in [-0.15, -0.1) is 0 Å². The molecular weight excluding hydrogens is 596 g/mol. The first-order chi connectivity index (χ1) is 23.1. The monoisotopic (exact) mass is 638 g/mol. The van der Waals surface area contributed by atoms with E-state index in [2.05, 4.69) is 0 Å². The average molecular weight is 639 g/mol. The van der Waals surface area contributed by atoms with Crippen molar-refractivity contribution in [3.8, 4) is 0 Å². The van der Waals surface area contributed by atoms with E-state index in [0.717, 1.165) is 22.3 Å². The second kappa shape index (κ2) is 18.2. The van der Waals surface area contributed by atoms with Crippen molar-refractivity contribution in [2.75, 3.05) is 13.2 Å². The Morgan fingerprint density at radius 2 is 1.00 bits per heavy atom. The van der Waals surface area contributed by atoms with Crippen molar-refractivity contribution in [1.29, 1.82) is 0 Å². The molecule has 8 heteroatoms. The smallest absolute Gasteiger partial charge is 0.313 e. The predicted octanol–water partition coefficient (Wildman–Crippen LogP) is 6.25. The van der Waals surface area contributed by atoms with Crippen molar-refractivity contribution >= 4 is 11.8 Å². The van der Waals surface area contributed by atoms with E-state index >= 15 is 0 Å². The molecule has 1 heterocycles. The second-order valence-corrected chi connectivity index (χ2v) is 11.3. The van der Waals surface area contributed by atoms with Crippen LogP contribution in [0.25, 0.3) is 0 Å². The van der Waals surface area contributed by atoms with Gasteiger partial charge in [0.2, 0.25) is 0 Å². The van der Waals surface area contributed by atoms with E-state index in [1.54, 1.807) is 6.92 Å². The van der Waals surface area contributed by atoms with Gasteiger partial charge in [-0.1, -0.05) is 121 Å². The van der Waals surface area contributed by atoms with Crippen LogP contribution in [0, 0.1) is 0 Å². The zero-order chi connectivity index (χ0) is 32.7. The fourth-order valence-electron chi connectivity index (χ4n) is 5.50. The molecular formula is C39H42O8. The molecule has 0 aliphatic carbocycles. The lowest BCUT2D eigenvalue weighted by molar-refractivity contribution is -0.267. The number of hydrogen-bond donors (Lipinski definition) is 0. The largest absolute Gasteiger partial charge is 0.466 e. The Hall–Kier alpha value is -4.18. The van der Waals surface area contributed by atoms with E-state index < -0.39 is 48.7 Å². The summed E-state index contributed by atoms with van der Waals surface area (Å²) in [6.45, 7) is 3.06. The van der Waals surface area contributed by atoms with Crippen molar-refractivity contribution in [3.63, 3.8) is 0 Å². The van der Waals surface area contributed by atoms with Gasteiger partial charge in [0, 0.05) is 0 Å². The third kappa shape index (κ3) is 10.4. The van der Waals surface area contributed by atoms with E-state index in [0.29, 0.717) is 6.61 Å². The van der Waals surface area contributed by atoms with Crippen LogP contribution in [0.15, 0.2) is 121 Å². The molecule has 1 fully saturated rings. The van der Waals surface area contributed by atoms with Crippen molar-refractivity contribution in [3.05, 3.63) is 144 Å². The van der Waals surface area contributed by atoms with Crippen LogP contribution in [0.3, 0.4) is 0 Å². The Kier molecular flexibility index (Phi) is 13.3. The average Bonchev–Trinajstić information content (AvgIpc) is 3.11. The van der Waals surface area contributed by atoms with Crippen molar-refractivity contribution in [2.24, 2.45) is 0 Å². The van der Waals surface area contributed by atoms with E-state index in [4.69, 9.17) is 28.4 Å². The van der Waals surface area contributed by atoms with Crippen LogP contribution in [-0.2, 0) is 64.4 Å². The van der Waals surface area contributed by atoms with Gasteiger partial charge < -0.3 is 28.4 Å². The lowest BCUT2D eigenvalue weighted by Crippen LogP contribution is -2.63. The normalized spacial score (nSPS) is 20.8. The predicted molar refractivity (Wildman–Crippen MR) is 176 cm³/mol. The highest BCUT2D eigenvalue weighted by atomic mass is 16.6. The molecule has 5 rings (SSSR count). The van der Waals surface area contributed by atoms with Crippen LogP contribution >= 0.6 is 0 Å². The lowest BCUT2D eigenvalue weighted by Gasteiger charge is -2.45. The van der Waals surface area contributed by atoms with Crippen molar-refractivity contribution in [2.45, 2.75) is 70.3 Å². The molecule has 0 bridgehead atoms. The molecule has 246 valence electrons. The Bertz CT molecular complexity index is 1480. The summed E-state index contributed by atoms with van der Waals surface area (Å²) in [5.41, 5.74) is 3.84. The minimum atomic E-state index is -1.13. The fraction of sp³-hybridized carbons (Fsp3) is 0.333. The summed E-state index contributed by atoms with van der Waals surface area (Å²) < 4.78 is 37.6. The molecule has 0 amide bonds. The summed E-state index contributed by atoms with van der Waals surface area (Å²) >= 11 is 0. The number of benzene rings is 4. The highest BCUT2D eigenvalue weighted by Crippen LogP contribution is 2.32. The molecule has 1 aliphatic rings. The molecule has 4 aromatic carbocycles. The molecule has 0 saturated carbocycles. The second-order valence-electron chi connectivity index (χ2n) is 11.3. The molecule has 47 heavy (non-hydrogen) atoms. The first-order valence-corrected chi connectivity index (χ1v) is 16.0. The quantitative estimate of drug-likeness (QED) is 0.0991. The molecule has 5 atom stereocenters. The first-order valence-electron chi connectivity index (χ1n) is 16.0. The summed E-state index contributed by atoms with van der Waals surface area (Å²) in [5.74, 6) is -1.08. The molecule has 1 aliphatic heterocycles. The van der Waals surface area contributed by atoms with E-state index in [-0.39, 0.29) is 33.0 Å². The van der Waals surface area contributed by atoms with E-state index in [1.807, 2.05) is 121 Å². The number of carbonyl (C=O) groups excluding carboxylic acids is 2. The van der Waals surface area contributed by atoms with Crippen LogP contribution in [0.2, 0.25) is 0 Å². The Balaban J connectivity index is 1.47. The number of ketones is 1. The standard InChI is InChI=1S/C39H42O8/c1-2-43-35(41)23-33(40)36-38(45-26-31-19-11-5-12-20-31)39(46-27-32-21-13-6-14-22-32)37(44-25-30-17-9-4-10-18-30)34(47-36)28-42-24-29-15-7-3-8-16-29/h3-22,34,36-39H,2,23-28H2,1H3/t34-,36+,37-,38-,39+/m1/s1. The van der Waals surface area contributed by atoms with Gasteiger partial charge in [0.1, 0.15) is 36.9 Å². The van der Waals surface area contributed by atoms with Crippen LogP contribution in [0.1, 0.15) is 35.6 Å². The summed E-state index contributed by atoms with van der Waals surface area (Å²) in [7, 11) is 0. The SMILES string of the molecule is CCOC(=O)CC(=O)[C@@H]1O[C@H](COCc2ccccc2)[C@@H](OCc2ccccc2)[C@H](OCc2ccccc2)[C@@H]1OCc1ccccc1. The summed E-state index contributed by atoms with van der Waals surface area (Å²) in [5, 5.41) is 0. The van der Waals surface area contributed by atoms with Gasteiger partial charge in [0.25, 0.3) is 0 Å². The molecule has 0 spiro atoms. The van der Waals surface area contributed by atoms with Crippen LogP contribution < -0.4 is 0 Å². The summed E-state index contributed by atoms with van der Waals surface area (Å²) in [6, 6.07) is 39.1. The summed E-state index contributed by atoms with van der Waals surface area (Å²) in [6.07, 6.45) is -4.63. The number of esters is 1. The highest BCUT2D eigenvalue weighted by molar-refractivity contribution is 5.98. The minimum absolute atomic E-state index is 0.119. The maximum atomic E-state index is 13.8. The Labute approximate surface area is 276 Å². The number of rotatable bonds is 17. The van der Waals surface area contributed by atoms with E-state index in [1.165, 1.54) is 0 Å². The molecule has 0 aromatic heterocycles. The topological polar surface area (TPSA) is 89.5 Å². The van der Waals surface area contributed by atoms with Crippen LogP contribution in [0.4, 0.5) is 0 Å². The fourth-order valence-corrected chi connectivity index (χ4v) is 5.50. The van der Waals surface area contributed by atoms with Crippen molar-refractivity contribution in [1.82, 2.24) is 0 Å². The van der Waals surface area contributed by atoms with Gasteiger partial charge in [0.05, 0.1) is 39.6 Å². The maximum Gasteiger partial charge on any atom is 0.313 e. The molecule has 0 radical (unpaired) electrons. The van der Waals surface area contributed by atoms with Gasteiger partial charge in [-0.05, 0) is 29.2 Å². The molecule has 4 aromatic rings. The zero-order valence-corrected chi connectivity index (χ0v) is 26.6. The first kappa shape index (κ1) is 34.2. The van der Waals surface area contributed by atoms with Crippen LogP contribution in [-0.4, -0.2) is 55.5 Å². The summed E-state index contributed by atoms with van der Waals surface area (Å²) in [4.78, 5) is 26.3. The van der Waals surface area contributed by atoms with Crippen LogP contribution in [0.5, 0.6) is 0 Å². The van der Waals surface area contributed by atoms with Crippen molar-refractivity contribution < 1.29 is 38.0 Å². The maximum absolute atomic E-state index is 13.8. The number of Topliss-reactive ketones (excluding diaryl/α,β-unsaturated/α-hetero) is 1. The number of ether oxygens (including phenoxy) is 6. The lowest BCUT2D eigenvalue weighted by atomic mass is 9.91. The number of carbonyl (C=O) groups is 2. The van der Waals surface area contributed by atoms with Gasteiger partial charge in [0.15, 0.2) is 5.78 Å². The van der Waals surface area contributed by atoms with Gasteiger partial charge in [-0.3, -0.25) is 9.59 Å². The third-order valence-corrected chi connectivity index (χ3v) is 7.82. The molecule has 0 N–H and O–H groups in total. The molecule has 8 nitrogen and oxygen atoms in total. The zero-order valence-electron chi connectivity index (χ0n) is 26.6. The third-order valence-electron chi connectivity index (χ3n) is 7.82. The molecule has 0 unspecified atom stereocenters. The molecule has 1 saturated heterocycles. The van der Waals surface area contributed by atoms with Gasteiger partial charge in [-0.25, -0.2) is 0 Å². The van der Waals surface area contributed by atoms with Gasteiger partial charge >= 0.3 is 5.97 Å². The van der Waals surface area contributed by atoms with Gasteiger partial charge in [-0.2, -0.15) is 0 Å². The Morgan fingerprint density at radius 3 is 1.47 bits per heavy atom. The highest BCUT2D eigenvalue weighted by Gasteiger charge is 2.51. The minimum Gasteiger partial charge on any atom is -0.466 e. The van der Waals surface area contributed by atoms with E-state index in [9.17, 15) is 9.59 Å². The Morgan fingerprint density at radius 1 is 0.574 bits per heavy atom. The number of hydrogen-bond acceptors (Lipinski definition) is 8.